The molecule has 2 rings (SSSR count). The molecule has 4 heteroatoms. The molecular formula is C14H26N2O2. The number of nitrogens with one attached hydrogen (secondary N) is 1. The first-order valence-electron chi connectivity index (χ1n) is 7.18. The van der Waals surface area contributed by atoms with Crippen molar-refractivity contribution in [1.29, 1.82) is 0 Å². The van der Waals surface area contributed by atoms with Crippen LogP contribution in [0.15, 0.2) is 0 Å². The molecule has 0 aromatic heterocycles. The molecule has 1 aliphatic carbocycles. The third-order valence-electron chi connectivity index (χ3n) is 4.19. The number of carbonyl (C=O) groups excluding carboxylic acids is 1. The molecule has 1 heterocycles. The summed E-state index contributed by atoms with van der Waals surface area (Å²) in [6, 6.07) is 0.232. The summed E-state index contributed by atoms with van der Waals surface area (Å²) < 4.78 is 0. The lowest BCUT2D eigenvalue weighted by Crippen LogP contribution is -2.48. The monoisotopic (exact) mass is 254 g/mol. The summed E-state index contributed by atoms with van der Waals surface area (Å²) in [6.07, 6.45) is 5.30. The minimum atomic E-state index is -0.197. The fourth-order valence-corrected chi connectivity index (χ4v) is 3.16. The zero-order valence-electron chi connectivity index (χ0n) is 11.6. The Balaban J connectivity index is 2.14. The first-order chi connectivity index (χ1) is 8.53. The van der Waals surface area contributed by atoms with Gasteiger partial charge in [-0.15, -0.1) is 0 Å². The van der Waals surface area contributed by atoms with Crippen molar-refractivity contribution in [2.45, 2.75) is 58.0 Å². The Kier molecular flexibility index (Phi) is 4.28. The maximum atomic E-state index is 12.6. The molecule has 1 amide bonds. The van der Waals surface area contributed by atoms with Gasteiger partial charge < -0.3 is 15.3 Å². The van der Waals surface area contributed by atoms with Crippen LogP contribution in [0.4, 0.5) is 0 Å². The molecule has 1 saturated heterocycles. The molecule has 18 heavy (non-hydrogen) atoms. The predicted molar refractivity (Wildman–Crippen MR) is 71.2 cm³/mol. The van der Waals surface area contributed by atoms with Crippen LogP contribution in [0.5, 0.6) is 0 Å². The molecule has 2 aliphatic rings. The third kappa shape index (κ3) is 3.04. The van der Waals surface area contributed by atoms with Gasteiger partial charge in [-0.2, -0.15) is 0 Å². The van der Waals surface area contributed by atoms with Gasteiger partial charge in [0.2, 0.25) is 5.91 Å². The van der Waals surface area contributed by atoms with Crippen LogP contribution < -0.4 is 5.32 Å². The van der Waals surface area contributed by atoms with Crippen molar-refractivity contribution in [2.24, 2.45) is 5.41 Å². The Morgan fingerprint density at radius 3 is 2.67 bits per heavy atom. The lowest BCUT2D eigenvalue weighted by Gasteiger charge is -2.34. The van der Waals surface area contributed by atoms with Gasteiger partial charge in [-0.1, -0.05) is 26.7 Å². The van der Waals surface area contributed by atoms with E-state index in [0.717, 1.165) is 25.9 Å². The normalized spacial score (nSPS) is 29.6. The molecule has 2 N–H and O–H groups in total. The molecule has 1 aliphatic heterocycles. The van der Waals surface area contributed by atoms with E-state index in [1.54, 1.807) is 0 Å². The van der Waals surface area contributed by atoms with E-state index in [4.69, 9.17) is 5.11 Å². The molecule has 0 aromatic carbocycles. The third-order valence-corrected chi connectivity index (χ3v) is 4.19. The number of hydrogen-bond donors (Lipinski definition) is 2. The van der Waals surface area contributed by atoms with Crippen molar-refractivity contribution in [3.8, 4) is 0 Å². The van der Waals surface area contributed by atoms with Crippen molar-refractivity contribution in [2.75, 3.05) is 19.7 Å². The largest absolute Gasteiger partial charge is 0.396 e. The highest BCUT2D eigenvalue weighted by Crippen LogP contribution is 2.29. The molecule has 4 nitrogen and oxygen atoms in total. The van der Waals surface area contributed by atoms with Crippen LogP contribution in [-0.2, 0) is 4.79 Å². The van der Waals surface area contributed by atoms with E-state index in [1.165, 1.54) is 12.8 Å². The molecule has 1 atom stereocenters. The van der Waals surface area contributed by atoms with Gasteiger partial charge in [-0.05, 0) is 24.7 Å². The number of amides is 1. The number of aliphatic hydroxyl groups is 1. The van der Waals surface area contributed by atoms with E-state index in [9.17, 15) is 4.79 Å². The molecule has 0 aromatic rings. The van der Waals surface area contributed by atoms with Gasteiger partial charge in [0.25, 0.3) is 0 Å². The van der Waals surface area contributed by atoms with Gasteiger partial charge in [0, 0.05) is 25.7 Å². The highest BCUT2D eigenvalue weighted by Gasteiger charge is 2.38. The lowest BCUT2D eigenvalue weighted by molar-refractivity contribution is -0.136. The first kappa shape index (κ1) is 13.8. The Labute approximate surface area is 110 Å². The number of carbonyl (C=O) groups is 1. The molecule has 0 radical (unpaired) electrons. The summed E-state index contributed by atoms with van der Waals surface area (Å²) in [5.74, 6) is 0.196. The Hall–Kier alpha value is -0.610. The number of aliphatic hydroxyl groups excluding tert-OH is 1. The second-order valence-corrected chi connectivity index (χ2v) is 6.51. The molecule has 0 bridgehead atoms. The summed E-state index contributed by atoms with van der Waals surface area (Å²) in [6.45, 7) is 6.16. The van der Waals surface area contributed by atoms with E-state index in [1.807, 2.05) is 0 Å². The quantitative estimate of drug-likeness (QED) is 0.794. The number of nitrogens with zero attached hydrogens (tertiary/aromatic N) is 1. The van der Waals surface area contributed by atoms with Crippen LogP contribution >= 0.6 is 0 Å². The highest BCUT2D eigenvalue weighted by molar-refractivity contribution is 5.82. The van der Waals surface area contributed by atoms with E-state index in [-0.39, 0.29) is 24.0 Å². The van der Waals surface area contributed by atoms with Gasteiger partial charge in [-0.25, -0.2) is 0 Å². The second kappa shape index (κ2) is 5.57. The summed E-state index contributed by atoms with van der Waals surface area (Å²) in [7, 11) is 0. The van der Waals surface area contributed by atoms with Crippen LogP contribution in [0.2, 0.25) is 0 Å². The van der Waals surface area contributed by atoms with Crippen LogP contribution in [-0.4, -0.2) is 47.7 Å². The van der Waals surface area contributed by atoms with Crippen LogP contribution in [0.25, 0.3) is 0 Å². The van der Waals surface area contributed by atoms with Crippen molar-refractivity contribution >= 4 is 5.91 Å². The Morgan fingerprint density at radius 2 is 2.06 bits per heavy atom. The van der Waals surface area contributed by atoms with Gasteiger partial charge >= 0.3 is 0 Å². The van der Waals surface area contributed by atoms with Crippen LogP contribution in [0.3, 0.4) is 0 Å². The molecule has 2 fully saturated rings. The van der Waals surface area contributed by atoms with Gasteiger partial charge in [0.15, 0.2) is 0 Å². The smallest absolute Gasteiger partial charge is 0.240 e. The topological polar surface area (TPSA) is 52.6 Å². The first-order valence-corrected chi connectivity index (χ1v) is 7.18. The average Bonchev–Trinajstić information content (AvgIpc) is 2.81. The van der Waals surface area contributed by atoms with Crippen molar-refractivity contribution in [3.05, 3.63) is 0 Å². The molecule has 0 spiro atoms. The SMILES string of the molecule is CC1(C)CNC(CCO)C(=O)N(C2CCCC2)C1. The van der Waals surface area contributed by atoms with E-state index in [2.05, 4.69) is 24.1 Å². The maximum absolute atomic E-state index is 12.6. The second-order valence-electron chi connectivity index (χ2n) is 6.51. The van der Waals surface area contributed by atoms with Crippen LogP contribution in [0.1, 0.15) is 46.0 Å². The van der Waals surface area contributed by atoms with E-state index < -0.39 is 0 Å². The maximum Gasteiger partial charge on any atom is 0.240 e. The van der Waals surface area contributed by atoms with Gasteiger partial charge in [0.05, 0.1) is 6.04 Å². The Bertz CT molecular complexity index is 298. The average molecular weight is 254 g/mol. The summed E-state index contributed by atoms with van der Waals surface area (Å²) >= 11 is 0. The van der Waals surface area contributed by atoms with E-state index >= 15 is 0 Å². The zero-order chi connectivity index (χ0) is 13.2. The minimum absolute atomic E-state index is 0.0718. The van der Waals surface area contributed by atoms with Crippen LogP contribution in [0, 0.1) is 5.41 Å². The minimum Gasteiger partial charge on any atom is -0.396 e. The van der Waals surface area contributed by atoms with Crippen molar-refractivity contribution in [3.63, 3.8) is 0 Å². The molecule has 104 valence electrons. The highest BCUT2D eigenvalue weighted by atomic mass is 16.3. The zero-order valence-corrected chi connectivity index (χ0v) is 11.6. The summed E-state index contributed by atoms with van der Waals surface area (Å²) in [5, 5.41) is 12.4. The fraction of sp³-hybridized carbons (Fsp3) is 0.929. The van der Waals surface area contributed by atoms with Gasteiger partial charge in [0.1, 0.15) is 0 Å². The van der Waals surface area contributed by atoms with Crippen molar-refractivity contribution in [1.82, 2.24) is 10.2 Å². The van der Waals surface area contributed by atoms with E-state index in [0.29, 0.717) is 12.5 Å². The Morgan fingerprint density at radius 1 is 1.39 bits per heavy atom. The number of hydrogen-bond acceptors (Lipinski definition) is 3. The number of rotatable bonds is 3. The van der Waals surface area contributed by atoms with Gasteiger partial charge in [-0.3, -0.25) is 4.79 Å². The standard InChI is InChI=1S/C14H26N2O2/c1-14(2)9-15-12(7-8-17)13(18)16(10-14)11-5-3-4-6-11/h11-12,15,17H,3-10H2,1-2H3. The molecule has 1 saturated carbocycles. The predicted octanol–water partition coefficient (Wildman–Crippen LogP) is 1.14. The lowest BCUT2D eigenvalue weighted by atomic mass is 9.92. The molecular weight excluding hydrogens is 228 g/mol. The van der Waals surface area contributed by atoms with Crippen molar-refractivity contribution < 1.29 is 9.90 Å². The summed E-state index contributed by atoms with van der Waals surface area (Å²) in [4.78, 5) is 14.7. The fourth-order valence-electron chi connectivity index (χ4n) is 3.16. The summed E-state index contributed by atoms with van der Waals surface area (Å²) in [5.41, 5.74) is 0.114. The molecule has 1 unspecified atom stereocenters.